The third-order valence-corrected chi connectivity index (χ3v) is 4.55. The number of hydrogen-bond acceptors (Lipinski definition) is 2. The smallest absolute Gasteiger partial charge is 0.148 e. The predicted octanol–water partition coefficient (Wildman–Crippen LogP) is 4.41. The van der Waals surface area contributed by atoms with E-state index in [1.54, 1.807) is 12.1 Å². The van der Waals surface area contributed by atoms with Crippen molar-refractivity contribution in [2.24, 2.45) is 5.84 Å². The summed E-state index contributed by atoms with van der Waals surface area (Å²) >= 11 is 9.16. The first-order valence-electron chi connectivity index (χ1n) is 6.12. The summed E-state index contributed by atoms with van der Waals surface area (Å²) in [5, 5.41) is 0.0630. The zero-order valence-corrected chi connectivity index (χ0v) is 13.5. The number of nitrogens with one attached hydrogen (secondary N) is 1. The average molecular weight is 358 g/mol. The van der Waals surface area contributed by atoms with Gasteiger partial charge < -0.3 is 0 Å². The van der Waals surface area contributed by atoms with Gasteiger partial charge in [-0.1, -0.05) is 41.4 Å². The molecule has 0 radical (unpaired) electrons. The van der Waals surface area contributed by atoms with Gasteiger partial charge in [-0.05, 0) is 47.0 Å². The maximum Gasteiger partial charge on any atom is 0.148 e. The van der Waals surface area contributed by atoms with E-state index in [4.69, 9.17) is 17.4 Å². The van der Waals surface area contributed by atoms with Crippen molar-refractivity contribution in [3.05, 3.63) is 67.9 Å². The van der Waals surface area contributed by atoms with Crippen molar-refractivity contribution in [1.82, 2.24) is 5.43 Å². The molecule has 0 bridgehead atoms. The van der Waals surface area contributed by atoms with E-state index in [0.717, 1.165) is 16.7 Å². The molecule has 0 aliphatic carbocycles. The van der Waals surface area contributed by atoms with E-state index in [9.17, 15) is 4.39 Å². The lowest BCUT2D eigenvalue weighted by Crippen LogP contribution is -2.30. The first kappa shape index (κ1) is 15.4. The van der Waals surface area contributed by atoms with Gasteiger partial charge in [-0.15, -0.1) is 0 Å². The zero-order valence-electron chi connectivity index (χ0n) is 11.2. The van der Waals surface area contributed by atoms with Gasteiger partial charge in [0.2, 0.25) is 0 Å². The number of hydrazine groups is 1. The summed E-state index contributed by atoms with van der Waals surface area (Å²) in [6.07, 6.45) is 0. The van der Waals surface area contributed by atoms with Crippen LogP contribution in [0.5, 0.6) is 0 Å². The van der Waals surface area contributed by atoms with Gasteiger partial charge in [0.25, 0.3) is 0 Å². The number of nitrogens with two attached hydrogens (primary N) is 1. The van der Waals surface area contributed by atoms with Crippen LogP contribution in [0.15, 0.2) is 34.8 Å². The van der Waals surface area contributed by atoms with Crippen LogP contribution in [-0.4, -0.2) is 0 Å². The Hall–Kier alpha value is -0.940. The van der Waals surface area contributed by atoms with Crippen molar-refractivity contribution >= 4 is 27.5 Å². The van der Waals surface area contributed by atoms with E-state index in [0.29, 0.717) is 10.0 Å². The lowest BCUT2D eigenvalue weighted by Gasteiger charge is -2.21. The summed E-state index contributed by atoms with van der Waals surface area (Å²) in [6, 6.07) is 8.95. The summed E-state index contributed by atoms with van der Waals surface area (Å²) in [6.45, 7) is 3.96. The number of halogens is 3. The fourth-order valence-corrected chi connectivity index (χ4v) is 2.66. The minimum atomic E-state index is -0.468. The molecule has 0 aliphatic heterocycles. The van der Waals surface area contributed by atoms with Crippen molar-refractivity contribution in [2.45, 2.75) is 19.9 Å². The Morgan fingerprint density at radius 1 is 1.20 bits per heavy atom. The van der Waals surface area contributed by atoms with Crippen LogP contribution in [-0.2, 0) is 0 Å². The van der Waals surface area contributed by atoms with Crippen LogP contribution in [0.3, 0.4) is 0 Å². The van der Waals surface area contributed by atoms with Gasteiger partial charge in [0, 0.05) is 10.0 Å². The summed E-state index contributed by atoms with van der Waals surface area (Å²) in [7, 11) is 0. The molecular weight excluding hydrogens is 343 g/mol. The van der Waals surface area contributed by atoms with Crippen molar-refractivity contribution in [3.63, 3.8) is 0 Å². The molecule has 0 spiro atoms. The lowest BCUT2D eigenvalue weighted by molar-refractivity contribution is 0.558. The summed E-state index contributed by atoms with van der Waals surface area (Å²) in [5.74, 6) is 5.17. The average Bonchev–Trinajstić information content (AvgIpc) is 2.43. The Kier molecular flexibility index (Phi) is 4.81. The quantitative estimate of drug-likeness (QED) is 0.485. The van der Waals surface area contributed by atoms with Gasteiger partial charge >= 0.3 is 0 Å². The van der Waals surface area contributed by atoms with Crippen molar-refractivity contribution in [1.29, 1.82) is 0 Å². The van der Waals surface area contributed by atoms with Crippen LogP contribution < -0.4 is 11.3 Å². The zero-order chi connectivity index (χ0) is 14.9. The van der Waals surface area contributed by atoms with Crippen molar-refractivity contribution in [2.75, 3.05) is 0 Å². The molecule has 0 fully saturated rings. The van der Waals surface area contributed by atoms with Gasteiger partial charge in [0.1, 0.15) is 5.82 Å². The predicted molar refractivity (Wildman–Crippen MR) is 84.2 cm³/mol. The second kappa shape index (κ2) is 6.22. The number of aryl methyl sites for hydroxylation is 2. The Labute approximate surface area is 131 Å². The third-order valence-electron chi connectivity index (χ3n) is 3.29. The molecule has 2 aromatic rings. The minimum Gasteiger partial charge on any atom is -0.271 e. The fourth-order valence-electron chi connectivity index (χ4n) is 2.18. The van der Waals surface area contributed by atoms with Crippen LogP contribution in [0.1, 0.15) is 28.3 Å². The van der Waals surface area contributed by atoms with Crippen molar-refractivity contribution < 1.29 is 4.39 Å². The molecule has 2 nitrogen and oxygen atoms in total. The lowest BCUT2D eigenvalue weighted by atomic mass is 9.93. The van der Waals surface area contributed by atoms with Crippen LogP contribution in [0.25, 0.3) is 0 Å². The maximum absolute atomic E-state index is 14.4. The summed E-state index contributed by atoms with van der Waals surface area (Å²) in [5.41, 5.74) is 6.17. The molecule has 0 amide bonds. The Balaban J connectivity index is 2.58. The molecule has 3 N–H and O–H groups in total. The first-order valence-corrected chi connectivity index (χ1v) is 7.29. The second-order valence-corrected chi connectivity index (χ2v) is 5.96. The Morgan fingerprint density at radius 3 is 2.55 bits per heavy atom. The van der Waals surface area contributed by atoms with E-state index < -0.39 is 11.9 Å². The topological polar surface area (TPSA) is 38.0 Å². The van der Waals surface area contributed by atoms with Gasteiger partial charge in [-0.3, -0.25) is 5.84 Å². The first-order chi connectivity index (χ1) is 9.45. The van der Waals surface area contributed by atoms with Crippen LogP contribution in [0, 0.1) is 19.7 Å². The second-order valence-electron chi connectivity index (χ2n) is 4.72. The maximum atomic E-state index is 14.4. The SMILES string of the molecule is Cc1ccc(C)c(C(NN)c2ccc(Br)c(Cl)c2F)c1. The molecule has 0 saturated carbocycles. The molecule has 5 heteroatoms. The van der Waals surface area contributed by atoms with Gasteiger partial charge in [-0.25, -0.2) is 9.82 Å². The molecule has 1 atom stereocenters. The number of hydrogen-bond donors (Lipinski definition) is 2. The molecule has 0 aliphatic rings. The molecule has 0 heterocycles. The standard InChI is InChI=1S/C15H15BrClFN2/c1-8-3-4-9(2)11(7-8)15(20-19)10-5-6-12(16)13(17)14(10)18/h3-7,15,20H,19H2,1-2H3. The monoisotopic (exact) mass is 356 g/mol. The normalized spacial score (nSPS) is 12.5. The highest BCUT2D eigenvalue weighted by Crippen LogP contribution is 2.33. The third kappa shape index (κ3) is 2.88. The molecule has 2 rings (SSSR count). The van der Waals surface area contributed by atoms with E-state index in [2.05, 4.69) is 21.4 Å². The van der Waals surface area contributed by atoms with E-state index in [1.807, 2.05) is 32.0 Å². The van der Waals surface area contributed by atoms with Crippen molar-refractivity contribution in [3.8, 4) is 0 Å². The number of benzene rings is 2. The highest BCUT2D eigenvalue weighted by molar-refractivity contribution is 9.10. The molecule has 1 unspecified atom stereocenters. The largest absolute Gasteiger partial charge is 0.271 e. The van der Waals surface area contributed by atoms with Crippen LogP contribution in [0.2, 0.25) is 5.02 Å². The molecule has 106 valence electrons. The van der Waals surface area contributed by atoms with Gasteiger partial charge in [0.15, 0.2) is 0 Å². The molecule has 20 heavy (non-hydrogen) atoms. The Morgan fingerprint density at radius 2 is 1.90 bits per heavy atom. The minimum absolute atomic E-state index is 0.0630. The van der Waals surface area contributed by atoms with E-state index in [-0.39, 0.29) is 5.02 Å². The van der Waals surface area contributed by atoms with E-state index >= 15 is 0 Å². The van der Waals surface area contributed by atoms with Gasteiger partial charge in [0.05, 0.1) is 11.1 Å². The van der Waals surface area contributed by atoms with Gasteiger partial charge in [-0.2, -0.15) is 0 Å². The molecule has 0 aromatic heterocycles. The molecule has 2 aromatic carbocycles. The fraction of sp³-hybridized carbons (Fsp3) is 0.200. The number of rotatable bonds is 3. The Bertz CT molecular complexity index is 646. The highest BCUT2D eigenvalue weighted by atomic mass is 79.9. The summed E-state index contributed by atoms with van der Waals surface area (Å²) in [4.78, 5) is 0. The molecular formula is C15H15BrClFN2. The highest BCUT2D eigenvalue weighted by Gasteiger charge is 2.21. The van der Waals surface area contributed by atoms with E-state index in [1.165, 1.54) is 0 Å². The van der Waals surface area contributed by atoms with Crippen LogP contribution >= 0.6 is 27.5 Å². The van der Waals surface area contributed by atoms with Crippen LogP contribution in [0.4, 0.5) is 4.39 Å². The molecule has 0 saturated heterocycles. The summed E-state index contributed by atoms with van der Waals surface area (Å²) < 4.78 is 14.9.